The van der Waals surface area contributed by atoms with Crippen molar-refractivity contribution in [2.24, 2.45) is 4.99 Å². The summed E-state index contributed by atoms with van der Waals surface area (Å²) >= 11 is 1.74. The van der Waals surface area contributed by atoms with Crippen LogP contribution in [-0.2, 0) is 4.74 Å². The van der Waals surface area contributed by atoms with Crippen LogP contribution in [0.2, 0.25) is 0 Å². The van der Waals surface area contributed by atoms with Gasteiger partial charge in [-0.1, -0.05) is 30.0 Å². The third-order valence-corrected chi connectivity index (χ3v) is 3.60. The van der Waals surface area contributed by atoms with Gasteiger partial charge in [0.15, 0.2) is 6.40 Å². The van der Waals surface area contributed by atoms with Crippen molar-refractivity contribution in [2.45, 2.75) is 29.7 Å². The van der Waals surface area contributed by atoms with Crippen molar-refractivity contribution in [3.05, 3.63) is 30.3 Å². The molecular weight excluding hydrogens is 194 g/mol. The number of ether oxygens (including phenoxy) is 1. The Balaban J connectivity index is 2.09. The van der Waals surface area contributed by atoms with E-state index in [4.69, 9.17) is 4.74 Å². The Morgan fingerprint density at radius 3 is 2.57 bits per heavy atom. The summed E-state index contributed by atoms with van der Waals surface area (Å²) in [6.45, 7) is 4.11. The molecule has 74 valence electrons. The number of hydrogen-bond acceptors (Lipinski definition) is 3. The predicted molar refractivity (Wildman–Crippen MR) is 59.7 cm³/mol. The molecule has 1 unspecified atom stereocenters. The molecular formula is C11H13NOS. The molecule has 0 bridgehead atoms. The van der Waals surface area contributed by atoms with Crippen LogP contribution < -0.4 is 0 Å². The summed E-state index contributed by atoms with van der Waals surface area (Å²) in [4.78, 5) is 5.53. The van der Waals surface area contributed by atoms with Crippen molar-refractivity contribution in [2.75, 3.05) is 0 Å². The SMILES string of the molecule is CC1(C)OC=NC1Sc1ccccc1. The first kappa shape index (κ1) is 9.59. The van der Waals surface area contributed by atoms with Crippen molar-refractivity contribution in [3.63, 3.8) is 0 Å². The number of aliphatic imine (C=N–C) groups is 1. The van der Waals surface area contributed by atoms with Crippen molar-refractivity contribution < 1.29 is 4.74 Å². The molecule has 1 aromatic carbocycles. The third-order valence-electron chi connectivity index (χ3n) is 2.14. The standard InChI is InChI=1S/C11H13NOS/c1-11(2)10(12-8-13-11)14-9-6-4-3-5-7-9/h3-8,10H,1-2H3. The molecule has 1 aliphatic rings. The second kappa shape index (κ2) is 3.65. The predicted octanol–water partition coefficient (Wildman–Crippen LogP) is 2.94. The fourth-order valence-corrected chi connectivity index (χ4v) is 2.28. The minimum atomic E-state index is -0.194. The van der Waals surface area contributed by atoms with Crippen LogP contribution in [0.4, 0.5) is 0 Å². The summed E-state index contributed by atoms with van der Waals surface area (Å²) in [6.07, 6.45) is 1.56. The van der Waals surface area contributed by atoms with E-state index in [2.05, 4.69) is 31.0 Å². The summed E-state index contributed by atoms with van der Waals surface area (Å²) in [5.41, 5.74) is -0.194. The Hall–Kier alpha value is -0.960. The van der Waals surface area contributed by atoms with Crippen LogP contribution in [-0.4, -0.2) is 17.4 Å². The van der Waals surface area contributed by atoms with E-state index in [1.165, 1.54) is 4.90 Å². The zero-order chi connectivity index (χ0) is 10.0. The lowest BCUT2D eigenvalue weighted by Gasteiger charge is -2.23. The zero-order valence-corrected chi connectivity index (χ0v) is 9.12. The number of nitrogens with zero attached hydrogens (tertiary/aromatic N) is 1. The quantitative estimate of drug-likeness (QED) is 0.743. The largest absolute Gasteiger partial charge is 0.475 e. The van der Waals surface area contributed by atoms with Crippen molar-refractivity contribution in [1.29, 1.82) is 0 Å². The normalized spacial score (nSPS) is 23.4. The number of thioether (sulfide) groups is 1. The van der Waals surface area contributed by atoms with Gasteiger partial charge in [0.25, 0.3) is 0 Å². The van der Waals surface area contributed by atoms with Crippen LogP contribution in [0.15, 0.2) is 40.2 Å². The van der Waals surface area contributed by atoms with Gasteiger partial charge in [0.1, 0.15) is 11.0 Å². The van der Waals surface area contributed by atoms with Crippen LogP contribution >= 0.6 is 11.8 Å². The van der Waals surface area contributed by atoms with Gasteiger partial charge < -0.3 is 4.74 Å². The summed E-state index contributed by atoms with van der Waals surface area (Å²) in [6, 6.07) is 10.3. The van der Waals surface area contributed by atoms with Gasteiger partial charge in [-0.15, -0.1) is 0 Å². The van der Waals surface area contributed by atoms with E-state index in [0.717, 1.165) is 0 Å². The molecule has 0 saturated heterocycles. The van der Waals surface area contributed by atoms with Gasteiger partial charge in [-0.3, -0.25) is 0 Å². The van der Waals surface area contributed by atoms with E-state index in [0.29, 0.717) is 0 Å². The minimum Gasteiger partial charge on any atom is -0.475 e. The maximum absolute atomic E-state index is 5.41. The number of hydrogen-bond donors (Lipinski definition) is 0. The van der Waals surface area contributed by atoms with Gasteiger partial charge in [-0.05, 0) is 26.0 Å². The van der Waals surface area contributed by atoms with E-state index in [1.54, 1.807) is 18.2 Å². The lowest BCUT2D eigenvalue weighted by Crippen LogP contribution is -2.30. The fourth-order valence-electron chi connectivity index (χ4n) is 1.26. The van der Waals surface area contributed by atoms with Gasteiger partial charge in [-0.2, -0.15) is 0 Å². The molecule has 0 saturated carbocycles. The van der Waals surface area contributed by atoms with E-state index in [9.17, 15) is 0 Å². The maximum Gasteiger partial charge on any atom is 0.171 e. The van der Waals surface area contributed by atoms with Gasteiger partial charge in [0, 0.05) is 4.90 Å². The molecule has 0 amide bonds. The van der Waals surface area contributed by atoms with Crippen LogP contribution in [0.25, 0.3) is 0 Å². The lowest BCUT2D eigenvalue weighted by molar-refractivity contribution is 0.129. The molecule has 0 fully saturated rings. The summed E-state index contributed by atoms with van der Waals surface area (Å²) in [7, 11) is 0. The van der Waals surface area contributed by atoms with Gasteiger partial charge in [0.05, 0.1) is 0 Å². The van der Waals surface area contributed by atoms with Crippen LogP contribution in [0, 0.1) is 0 Å². The van der Waals surface area contributed by atoms with Crippen molar-refractivity contribution in [1.82, 2.24) is 0 Å². The molecule has 1 heterocycles. The van der Waals surface area contributed by atoms with E-state index in [1.807, 2.05) is 18.2 Å². The summed E-state index contributed by atoms with van der Waals surface area (Å²) in [5, 5.41) is 0.157. The molecule has 3 heteroatoms. The number of benzene rings is 1. The molecule has 1 aliphatic heterocycles. The lowest BCUT2D eigenvalue weighted by atomic mass is 10.1. The first-order valence-electron chi connectivity index (χ1n) is 4.60. The molecule has 1 atom stereocenters. The first-order chi connectivity index (χ1) is 6.68. The molecule has 0 spiro atoms. The monoisotopic (exact) mass is 207 g/mol. The summed E-state index contributed by atoms with van der Waals surface area (Å²) < 4.78 is 5.41. The second-order valence-electron chi connectivity index (χ2n) is 3.76. The highest BCUT2D eigenvalue weighted by Crippen LogP contribution is 2.35. The van der Waals surface area contributed by atoms with Crippen LogP contribution in [0.5, 0.6) is 0 Å². The molecule has 1 aromatic rings. The minimum absolute atomic E-state index is 0.157. The topological polar surface area (TPSA) is 21.6 Å². The van der Waals surface area contributed by atoms with Gasteiger partial charge in [-0.25, -0.2) is 4.99 Å². The van der Waals surface area contributed by atoms with Crippen LogP contribution in [0.1, 0.15) is 13.8 Å². The highest BCUT2D eigenvalue weighted by atomic mass is 32.2. The Morgan fingerprint density at radius 2 is 2.00 bits per heavy atom. The van der Waals surface area contributed by atoms with Crippen molar-refractivity contribution in [3.8, 4) is 0 Å². The Bertz CT molecular complexity index is 334. The Morgan fingerprint density at radius 1 is 1.29 bits per heavy atom. The van der Waals surface area contributed by atoms with Crippen LogP contribution in [0.3, 0.4) is 0 Å². The average Bonchev–Trinajstić information content (AvgIpc) is 2.48. The second-order valence-corrected chi connectivity index (χ2v) is 4.91. The summed E-state index contributed by atoms with van der Waals surface area (Å²) in [5.74, 6) is 0. The third kappa shape index (κ3) is 1.93. The van der Waals surface area contributed by atoms with E-state index in [-0.39, 0.29) is 11.0 Å². The van der Waals surface area contributed by atoms with E-state index >= 15 is 0 Å². The fraction of sp³-hybridized carbons (Fsp3) is 0.364. The average molecular weight is 207 g/mol. The molecule has 2 nitrogen and oxygen atoms in total. The van der Waals surface area contributed by atoms with Gasteiger partial charge in [0.2, 0.25) is 0 Å². The molecule has 2 rings (SSSR count). The number of rotatable bonds is 2. The zero-order valence-electron chi connectivity index (χ0n) is 8.31. The molecule has 14 heavy (non-hydrogen) atoms. The molecule has 0 aliphatic carbocycles. The first-order valence-corrected chi connectivity index (χ1v) is 5.48. The highest BCUT2D eigenvalue weighted by molar-refractivity contribution is 8.00. The Labute approximate surface area is 88.4 Å². The van der Waals surface area contributed by atoms with Gasteiger partial charge >= 0.3 is 0 Å². The highest BCUT2D eigenvalue weighted by Gasteiger charge is 2.34. The van der Waals surface area contributed by atoms with E-state index < -0.39 is 0 Å². The maximum atomic E-state index is 5.41. The van der Waals surface area contributed by atoms with Crippen molar-refractivity contribution >= 4 is 18.2 Å². The molecule has 0 N–H and O–H groups in total. The molecule has 0 radical (unpaired) electrons. The smallest absolute Gasteiger partial charge is 0.171 e. The Kier molecular flexibility index (Phi) is 2.50. The molecule has 0 aromatic heterocycles.